The first-order valence-electron chi connectivity index (χ1n) is 7.84. The van der Waals surface area contributed by atoms with Crippen LogP contribution in [0.15, 0.2) is 33.5 Å². The first-order chi connectivity index (χ1) is 10.5. The number of aryl methyl sites for hydroxylation is 1. The first-order valence-corrected chi connectivity index (χ1v) is 7.84. The Morgan fingerprint density at radius 1 is 1.36 bits per heavy atom. The molecule has 0 aliphatic carbocycles. The van der Waals surface area contributed by atoms with Crippen molar-refractivity contribution >= 4 is 16.9 Å². The largest absolute Gasteiger partial charge is 0.423 e. The van der Waals surface area contributed by atoms with Gasteiger partial charge in [0, 0.05) is 24.5 Å². The molecule has 1 aromatic carbocycles. The van der Waals surface area contributed by atoms with Crippen molar-refractivity contribution in [2.24, 2.45) is 5.92 Å². The van der Waals surface area contributed by atoms with Gasteiger partial charge in [-0.25, -0.2) is 4.79 Å². The number of benzene rings is 1. The van der Waals surface area contributed by atoms with Gasteiger partial charge in [0.2, 0.25) is 5.91 Å². The number of carbonyl (C=O) groups is 1. The lowest BCUT2D eigenvalue weighted by Crippen LogP contribution is -2.40. The number of likely N-dealkylation sites (tertiary alicyclic amines) is 1. The van der Waals surface area contributed by atoms with Gasteiger partial charge < -0.3 is 9.32 Å². The summed E-state index contributed by atoms with van der Waals surface area (Å²) in [6.45, 7) is 5.76. The minimum absolute atomic E-state index is 0.0963. The summed E-state index contributed by atoms with van der Waals surface area (Å²) in [5.41, 5.74) is 1.95. The third-order valence-corrected chi connectivity index (χ3v) is 4.34. The third-order valence-electron chi connectivity index (χ3n) is 4.34. The Bertz CT molecular complexity index is 763. The molecule has 1 saturated heterocycles. The van der Waals surface area contributed by atoms with Gasteiger partial charge in [-0.15, -0.1) is 0 Å². The molecule has 0 saturated carbocycles. The molecule has 1 fully saturated rings. The van der Waals surface area contributed by atoms with Crippen LogP contribution in [-0.4, -0.2) is 23.9 Å². The molecule has 0 spiro atoms. The Morgan fingerprint density at radius 3 is 2.95 bits per heavy atom. The Kier molecular flexibility index (Phi) is 4.01. The van der Waals surface area contributed by atoms with Crippen LogP contribution in [0.5, 0.6) is 0 Å². The zero-order valence-electron chi connectivity index (χ0n) is 13.1. The smallest absolute Gasteiger partial charge is 0.336 e. The van der Waals surface area contributed by atoms with Crippen LogP contribution in [0.4, 0.5) is 0 Å². The second-order valence-corrected chi connectivity index (χ2v) is 6.35. The van der Waals surface area contributed by atoms with Crippen LogP contribution in [0, 0.1) is 12.8 Å². The second kappa shape index (κ2) is 5.95. The van der Waals surface area contributed by atoms with Gasteiger partial charge in [0.15, 0.2) is 0 Å². The van der Waals surface area contributed by atoms with Gasteiger partial charge in [0.25, 0.3) is 0 Å². The second-order valence-electron chi connectivity index (χ2n) is 6.35. The molecule has 1 aliphatic heterocycles. The van der Waals surface area contributed by atoms with Gasteiger partial charge in [-0.05, 0) is 42.9 Å². The van der Waals surface area contributed by atoms with Crippen LogP contribution in [0.1, 0.15) is 30.9 Å². The molecule has 2 aromatic rings. The van der Waals surface area contributed by atoms with Crippen molar-refractivity contribution in [3.63, 3.8) is 0 Å². The quantitative estimate of drug-likeness (QED) is 0.801. The predicted molar refractivity (Wildman–Crippen MR) is 85.9 cm³/mol. The van der Waals surface area contributed by atoms with Gasteiger partial charge in [-0.1, -0.05) is 19.1 Å². The van der Waals surface area contributed by atoms with Crippen molar-refractivity contribution in [1.82, 2.24) is 4.90 Å². The first kappa shape index (κ1) is 14.8. The molecular formula is C18H21NO3. The molecule has 1 atom stereocenters. The maximum atomic E-state index is 12.5. The molecule has 3 rings (SSSR count). The molecule has 0 unspecified atom stereocenters. The summed E-state index contributed by atoms with van der Waals surface area (Å²) in [5.74, 6) is 0.650. The molecular weight excluding hydrogens is 278 g/mol. The standard InChI is InChI=1S/C18H21NO3/c1-12-5-6-15-14(10-18(21)22-16(15)8-12)9-17(20)19-7-3-4-13(2)11-19/h5-6,8,10,13H,3-4,7,9,11H2,1-2H3/t13-/m1/s1. The van der Waals surface area contributed by atoms with E-state index in [0.717, 1.165) is 36.0 Å². The molecule has 4 nitrogen and oxygen atoms in total. The van der Waals surface area contributed by atoms with Crippen LogP contribution in [0.3, 0.4) is 0 Å². The number of piperidine rings is 1. The highest BCUT2D eigenvalue weighted by Gasteiger charge is 2.21. The van der Waals surface area contributed by atoms with Gasteiger partial charge in [-0.2, -0.15) is 0 Å². The zero-order valence-corrected chi connectivity index (χ0v) is 13.1. The molecule has 116 valence electrons. The summed E-state index contributed by atoms with van der Waals surface area (Å²) in [6.07, 6.45) is 2.50. The van der Waals surface area contributed by atoms with E-state index in [1.165, 1.54) is 12.5 Å². The van der Waals surface area contributed by atoms with E-state index < -0.39 is 5.63 Å². The molecule has 0 N–H and O–H groups in total. The number of hydrogen-bond acceptors (Lipinski definition) is 3. The van der Waals surface area contributed by atoms with Crippen LogP contribution < -0.4 is 5.63 Å². The fourth-order valence-electron chi connectivity index (χ4n) is 3.17. The Labute approximate surface area is 129 Å². The maximum Gasteiger partial charge on any atom is 0.336 e. The number of rotatable bonds is 2. The summed E-state index contributed by atoms with van der Waals surface area (Å²) in [6, 6.07) is 7.19. The normalized spacial score (nSPS) is 18.6. The van der Waals surface area contributed by atoms with E-state index in [4.69, 9.17) is 4.42 Å². The molecule has 4 heteroatoms. The SMILES string of the molecule is Cc1ccc2c(CC(=O)N3CCC[C@@H](C)C3)cc(=O)oc2c1. The van der Waals surface area contributed by atoms with E-state index in [1.807, 2.05) is 30.0 Å². The van der Waals surface area contributed by atoms with E-state index in [-0.39, 0.29) is 12.3 Å². The van der Waals surface area contributed by atoms with E-state index in [0.29, 0.717) is 11.5 Å². The highest BCUT2D eigenvalue weighted by Crippen LogP contribution is 2.21. The molecule has 0 bridgehead atoms. The summed E-state index contributed by atoms with van der Waals surface area (Å²) in [5, 5.41) is 0.851. The number of fused-ring (bicyclic) bond motifs is 1. The van der Waals surface area contributed by atoms with Crippen molar-refractivity contribution in [1.29, 1.82) is 0 Å². The Hall–Kier alpha value is -2.10. The van der Waals surface area contributed by atoms with Crippen molar-refractivity contribution in [3.8, 4) is 0 Å². The summed E-state index contributed by atoms with van der Waals surface area (Å²) in [4.78, 5) is 26.2. The molecule has 1 amide bonds. The summed E-state index contributed by atoms with van der Waals surface area (Å²) < 4.78 is 5.25. The van der Waals surface area contributed by atoms with E-state index in [9.17, 15) is 9.59 Å². The highest BCUT2D eigenvalue weighted by atomic mass is 16.4. The van der Waals surface area contributed by atoms with Gasteiger partial charge in [0.05, 0.1) is 6.42 Å². The van der Waals surface area contributed by atoms with E-state index in [1.54, 1.807) is 0 Å². The minimum atomic E-state index is -0.395. The topological polar surface area (TPSA) is 50.5 Å². The van der Waals surface area contributed by atoms with Gasteiger partial charge >= 0.3 is 5.63 Å². The highest BCUT2D eigenvalue weighted by molar-refractivity contribution is 5.87. The van der Waals surface area contributed by atoms with Crippen LogP contribution in [-0.2, 0) is 11.2 Å². The average molecular weight is 299 g/mol. The summed E-state index contributed by atoms with van der Waals surface area (Å²) >= 11 is 0. The molecule has 2 heterocycles. The van der Waals surface area contributed by atoms with Crippen molar-refractivity contribution < 1.29 is 9.21 Å². The number of amides is 1. The molecule has 22 heavy (non-hydrogen) atoms. The minimum Gasteiger partial charge on any atom is -0.423 e. The summed E-state index contributed by atoms with van der Waals surface area (Å²) in [7, 11) is 0. The fraction of sp³-hybridized carbons (Fsp3) is 0.444. The van der Waals surface area contributed by atoms with Crippen molar-refractivity contribution in [2.75, 3.05) is 13.1 Å². The lowest BCUT2D eigenvalue weighted by atomic mass is 9.99. The predicted octanol–water partition coefficient (Wildman–Crippen LogP) is 2.90. The van der Waals surface area contributed by atoms with Crippen LogP contribution in [0.25, 0.3) is 11.0 Å². The number of carbonyl (C=O) groups excluding carboxylic acids is 1. The van der Waals surface area contributed by atoms with E-state index >= 15 is 0 Å². The van der Waals surface area contributed by atoms with Crippen molar-refractivity contribution in [2.45, 2.75) is 33.1 Å². The van der Waals surface area contributed by atoms with E-state index in [2.05, 4.69) is 6.92 Å². The zero-order chi connectivity index (χ0) is 15.7. The average Bonchev–Trinajstić information content (AvgIpc) is 2.46. The fourth-order valence-corrected chi connectivity index (χ4v) is 3.17. The molecule has 0 radical (unpaired) electrons. The van der Waals surface area contributed by atoms with Gasteiger partial charge in [0.1, 0.15) is 5.58 Å². The number of hydrogen-bond donors (Lipinski definition) is 0. The van der Waals surface area contributed by atoms with Crippen molar-refractivity contribution in [3.05, 3.63) is 45.8 Å². The maximum absolute atomic E-state index is 12.5. The molecule has 1 aromatic heterocycles. The lowest BCUT2D eigenvalue weighted by molar-refractivity contribution is -0.132. The van der Waals surface area contributed by atoms with Gasteiger partial charge in [-0.3, -0.25) is 4.79 Å². The third kappa shape index (κ3) is 3.06. The monoisotopic (exact) mass is 299 g/mol. The molecule has 1 aliphatic rings. The van der Waals surface area contributed by atoms with Crippen LogP contribution in [0.2, 0.25) is 0 Å². The van der Waals surface area contributed by atoms with Crippen LogP contribution >= 0.6 is 0 Å². The number of nitrogens with zero attached hydrogens (tertiary/aromatic N) is 1. The Morgan fingerprint density at radius 2 is 2.18 bits per heavy atom. The lowest BCUT2D eigenvalue weighted by Gasteiger charge is -2.31. The Balaban J connectivity index is 1.90.